The summed E-state index contributed by atoms with van der Waals surface area (Å²) in [7, 11) is 0. The van der Waals surface area contributed by atoms with Crippen molar-refractivity contribution in [1.29, 1.82) is 0 Å². The number of piperidine rings is 1. The van der Waals surface area contributed by atoms with E-state index in [1.807, 2.05) is 29.2 Å². The first-order valence-corrected chi connectivity index (χ1v) is 14.2. The van der Waals surface area contributed by atoms with Crippen LogP contribution in [0.5, 0.6) is 0 Å². The van der Waals surface area contributed by atoms with Gasteiger partial charge >= 0.3 is 11.7 Å². The van der Waals surface area contributed by atoms with Gasteiger partial charge in [-0.25, -0.2) is 14.0 Å². The van der Waals surface area contributed by atoms with Crippen LogP contribution < -0.4 is 16.6 Å². The van der Waals surface area contributed by atoms with Crippen molar-refractivity contribution in [3.63, 3.8) is 0 Å². The zero-order chi connectivity index (χ0) is 30.2. The van der Waals surface area contributed by atoms with Crippen molar-refractivity contribution in [2.45, 2.75) is 57.8 Å². The number of rotatable bonds is 6. The standard InChI is InChI=1S/C30H33ClFN5O5/c1-30(2,42)18-37-27(39)22(21-7-5-8-23(32)26(21)31)16-35(29(37)41)17-25(38)34-13-11-20(12-14-34)36-15-10-19-6-3-4-9-24(19)33-28(36)40/h3-9,16,20,42H,10-15,17-18H2,1-2H3,(H,33,40). The monoisotopic (exact) mass is 597 g/mol. The lowest BCUT2D eigenvalue weighted by Crippen LogP contribution is -2.51. The maximum atomic E-state index is 14.2. The predicted molar refractivity (Wildman–Crippen MR) is 157 cm³/mol. The van der Waals surface area contributed by atoms with Gasteiger partial charge in [0.1, 0.15) is 12.4 Å². The number of benzene rings is 2. The fraction of sp³-hybridized carbons (Fsp3) is 0.400. The zero-order valence-electron chi connectivity index (χ0n) is 23.5. The lowest BCUT2D eigenvalue weighted by molar-refractivity contribution is -0.133. The molecule has 0 radical (unpaired) electrons. The summed E-state index contributed by atoms with van der Waals surface area (Å²) in [6, 6.07) is 11.5. The molecule has 0 spiro atoms. The molecule has 1 saturated heterocycles. The molecule has 42 heavy (non-hydrogen) atoms. The second-order valence-electron chi connectivity index (χ2n) is 11.4. The molecule has 2 aliphatic heterocycles. The molecule has 1 fully saturated rings. The third-order valence-electron chi connectivity index (χ3n) is 7.73. The van der Waals surface area contributed by atoms with Crippen LogP contribution in [-0.2, 0) is 24.3 Å². The van der Waals surface area contributed by atoms with Crippen LogP contribution in [0.2, 0.25) is 5.02 Å². The second-order valence-corrected chi connectivity index (χ2v) is 11.8. The van der Waals surface area contributed by atoms with Gasteiger partial charge in [0.2, 0.25) is 5.91 Å². The van der Waals surface area contributed by atoms with Gasteiger partial charge in [0.15, 0.2) is 0 Å². The fourth-order valence-corrected chi connectivity index (χ4v) is 5.83. The smallest absolute Gasteiger partial charge is 0.331 e. The fourth-order valence-electron chi connectivity index (χ4n) is 5.60. The average molecular weight is 598 g/mol. The average Bonchev–Trinajstić information content (AvgIpc) is 3.12. The van der Waals surface area contributed by atoms with E-state index in [-0.39, 0.29) is 47.2 Å². The molecule has 12 heteroatoms. The summed E-state index contributed by atoms with van der Waals surface area (Å²) in [6.07, 6.45) is 3.10. The molecule has 5 rings (SSSR count). The first-order chi connectivity index (χ1) is 19.9. The Labute approximate surface area is 246 Å². The third-order valence-corrected chi connectivity index (χ3v) is 8.11. The minimum atomic E-state index is -1.42. The van der Waals surface area contributed by atoms with Crippen LogP contribution in [0.25, 0.3) is 11.1 Å². The van der Waals surface area contributed by atoms with Gasteiger partial charge in [-0.1, -0.05) is 41.9 Å². The number of carbonyl (C=O) groups is 2. The molecule has 1 aromatic heterocycles. The highest BCUT2D eigenvalue weighted by Crippen LogP contribution is 2.28. The number of nitrogens with zero attached hydrogens (tertiary/aromatic N) is 4. The van der Waals surface area contributed by atoms with Crippen molar-refractivity contribution >= 4 is 29.2 Å². The number of fused-ring (bicyclic) bond motifs is 1. The van der Waals surface area contributed by atoms with Gasteiger partial charge in [-0.15, -0.1) is 0 Å². The molecule has 3 aromatic rings. The van der Waals surface area contributed by atoms with Gasteiger partial charge in [-0.05, 0) is 50.8 Å². The zero-order valence-corrected chi connectivity index (χ0v) is 24.2. The number of nitrogens with one attached hydrogen (secondary N) is 1. The van der Waals surface area contributed by atoms with E-state index in [0.717, 1.165) is 32.9 Å². The molecule has 2 N–H and O–H groups in total. The van der Waals surface area contributed by atoms with Gasteiger partial charge < -0.3 is 20.2 Å². The van der Waals surface area contributed by atoms with Crippen molar-refractivity contribution in [2.24, 2.45) is 0 Å². The van der Waals surface area contributed by atoms with Crippen molar-refractivity contribution in [3.8, 4) is 11.1 Å². The maximum Gasteiger partial charge on any atom is 0.331 e. The van der Waals surface area contributed by atoms with Crippen LogP contribution in [0.4, 0.5) is 14.9 Å². The molecule has 10 nitrogen and oxygen atoms in total. The van der Waals surface area contributed by atoms with Gasteiger partial charge in [-0.3, -0.25) is 18.7 Å². The van der Waals surface area contributed by atoms with E-state index < -0.39 is 22.7 Å². The number of para-hydroxylation sites is 1. The summed E-state index contributed by atoms with van der Waals surface area (Å²) >= 11 is 6.16. The normalized spacial score (nSPS) is 16.2. The summed E-state index contributed by atoms with van der Waals surface area (Å²) < 4.78 is 16.2. The van der Waals surface area contributed by atoms with Gasteiger partial charge in [0.25, 0.3) is 5.56 Å². The summed E-state index contributed by atoms with van der Waals surface area (Å²) in [5, 5.41) is 13.1. The second kappa shape index (κ2) is 11.7. The molecular weight excluding hydrogens is 565 g/mol. The van der Waals surface area contributed by atoms with Gasteiger partial charge in [0.05, 0.1) is 22.7 Å². The molecule has 0 aliphatic carbocycles. The first-order valence-electron chi connectivity index (χ1n) is 13.9. The highest BCUT2D eigenvalue weighted by Gasteiger charge is 2.32. The third kappa shape index (κ3) is 6.12. The molecule has 0 atom stereocenters. The number of carbonyl (C=O) groups excluding carboxylic acids is 2. The topological polar surface area (TPSA) is 117 Å². The number of likely N-dealkylation sites (tertiary alicyclic amines) is 1. The molecule has 222 valence electrons. The number of anilines is 1. The number of amides is 3. The largest absolute Gasteiger partial charge is 0.389 e. The van der Waals surface area contributed by atoms with Crippen molar-refractivity contribution < 1.29 is 19.1 Å². The minimum Gasteiger partial charge on any atom is -0.389 e. The van der Waals surface area contributed by atoms with E-state index in [0.29, 0.717) is 32.5 Å². The number of halogens is 2. The van der Waals surface area contributed by atoms with Crippen LogP contribution in [-0.4, -0.2) is 67.3 Å². The van der Waals surface area contributed by atoms with E-state index in [1.54, 1.807) is 4.90 Å². The Morgan fingerprint density at radius 2 is 1.76 bits per heavy atom. The molecule has 0 unspecified atom stereocenters. The quantitative estimate of drug-likeness (QED) is 0.452. The van der Waals surface area contributed by atoms with E-state index >= 15 is 0 Å². The molecular formula is C30H33ClFN5O5. The number of hydrogen-bond acceptors (Lipinski definition) is 5. The minimum absolute atomic E-state index is 0.0403. The molecule has 2 aromatic carbocycles. The number of urea groups is 1. The lowest BCUT2D eigenvalue weighted by Gasteiger charge is -2.38. The van der Waals surface area contributed by atoms with Crippen LogP contribution in [0, 0.1) is 5.82 Å². The van der Waals surface area contributed by atoms with E-state index in [1.165, 1.54) is 32.2 Å². The van der Waals surface area contributed by atoms with Crippen LogP contribution in [0.3, 0.4) is 0 Å². The summed E-state index contributed by atoms with van der Waals surface area (Å²) in [6.45, 7) is 3.54. The SMILES string of the molecule is CC(C)(O)Cn1c(=O)c(-c2cccc(F)c2Cl)cn(CC(=O)N2CCC(N3CCc4ccccc4NC3=O)CC2)c1=O. The number of aromatic nitrogens is 2. The van der Waals surface area contributed by atoms with Crippen LogP contribution in [0.1, 0.15) is 32.3 Å². The van der Waals surface area contributed by atoms with Crippen molar-refractivity contribution in [1.82, 2.24) is 18.9 Å². The highest BCUT2D eigenvalue weighted by molar-refractivity contribution is 6.33. The maximum absolute atomic E-state index is 14.2. The van der Waals surface area contributed by atoms with E-state index in [9.17, 15) is 28.7 Å². The number of aliphatic hydroxyl groups is 1. The van der Waals surface area contributed by atoms with Gasteiger partial charge in [-0.2, -0.15) is 0 Å². The summed E-state index contributed by atoms with van der Waals surface area (Å²) in [5.74, 6) is -1.07. The molecule has 0 saturated carbocycles. The molecule has 2 aliphatic rings. The first kappa shape index (κ1) is 29.5. The Kier molecular flexibility index (Phi) is 8.25. The van der Waals surface area contributed by atoms with E-state index in [4.69, 9.17) is 11.6 Å². The molecule has 0 bridgehead atoms. The Morgan fingerprint density at radius 1 is 1.05 bits per heavy atom. The van der Waals surface area contributed by atoms with Crippen molar-refractivity contribution in [3.05, 3.63) is 85.9 Å². The Balaban J connectivity index is 1.34. The van der Waals surface area contributed by atoms with Crippen molar-refractivity contribution in [2.75, 3.05) is 25.0 Å². The Morgan fingerprint density at radius 3 is 2.48 bits per heavy atom. The molecule has 3 heterocycles. The van der Waals surface area contributed by atoms with Crippen LogP contribution >= 0.6 is 11.6 Å². The molecule has 3 amide bonds. The van der Waals surface area contributed by atoms with Gasteiger partial charge in [0, 0.05) is 43.1 Å². The number of hydrogen-bond donors (Lipinski definition) is 2. The highest BCUT2D eigenvalue weighted by atomic mass is 35.5. The summed E-state index contributed by atoms with van der Waals surface area (Å²) in [5.41, 5.74) is -1.05. The lowest BCUT2D eigenvalue weighted by atomic mass is 10.0. The summed E-state index contributed by atoms with van der Waals surface area (Å²) in [4.78, 5) is 56.4. The van der Waals surface area contributed by atoms with E-state index in [2.05, 4.69) is 5.32 Å². The van der Waals surface area contributed by atoms with Crippen LogP contribution in [0.15, 0.2) is 58.3 Å². The predicted octanol–water partition coefficient (Wildman–Crippen LogP) is 3.32. The Bertz CT molecular complexity index is 1640. The Hall–Kier alpha value is -3.96.